The predicted molar refractivity (Wildman–Crippen MR) is 81.5 cm³/mol. The molecule has 0 aromatic carbocycles. The first-order valence-electron chi connectivity index (χ1n) is 7.20. The molecule has 0 rings (SSSR count). The molecule has 0 spiro atoms. The number of hydrogen-bond donors (Lipinski definition) is 7. The maximum atomic E-state index is 12.1. The monoisotopic (exact) mass is 348 g/mol. The number of carbonyl (C=O) groups is 4. The molecular formula is C13H24N4O7. The lowest BCUT2D eigenvalue weighted by molar-refractivity contribution is -0.145. The molecule has 0 saturated carbocycles. The van der Waals surface area contributed by atoms with Crippen molar-refractivity contribution < 1.29 is 34.5 Å². The highest BCUT2D eigenvalue weighted by molar-refractivity contribution is 5.93. The molecule has 0 heterocycles. The van der Waals surface area contributed by atoms with Gasteiger partial charge in [0, 0.05) is 0 Å². The second kappa shape index (κ2) is 9.80. The number of aliphatic hydroxyl groups excluding tert-OH is 2. The number of carbonyl (C=O) groups excluding carboxylic acids is 3. The number of carboxylic acid groups (broad SMARTS) is 1. The molecule has 11 nitrogen and oxygen atoms in total. The van der Waals surface area contributed by atoms with Gasteiger partial charge in [-0.05, 0) is 20.8 Å². The fourth-order valence-electron chi connectivity index (χ4n) is 1.68. The van der Waals surface area contributed by atoms with Crippen LogP contribution in [0.25, 0.3) is 0 Å². The first-order valence-corrected chi connectivity index (χ1v) is 7.20. The number of nitrogens with one attached hydrogen (secondary N) is 3. The van der Waals surface area contributed by atoms with Gasteiger partial charge in [0.15, 0.2) is 6.04 Å². The summed E-state index contributed by atoms with van der Waals surface area (Å²) < 4.78 is 0. The fourth-order valence-corrected chi connectivity index (χ4v) is 1.68. The van der Waals surface area contributed by atoms with Gasteiger partial charge in [0.05, 0.1) is 18.8 Å². The molecule has 0 saturated heterocycles. The van der Waals surface area contributed by atoms with Crippen LogP contribution in [0.1, 0.15) is 20.8 Å². The third kappa shape index (κ3) is 6.89. The summed E-state index contributed by atoms with van der Waals surface area (Å²) in [7, 11) is 0. The molecule has 0 aromatic rings. The molecule has 11 heteroatoms. The molecule has 3 amide bonds. The topological polar surface area (TPSA) is 191 Å². The van der Waals surface area contributed by atoms with E-state index in [1.54, 1.807) is 0 Å². The third-order valence-electron chi connectivity index (χ3n) is 3.07. The number of hydrogen-bond acceptors (Lipinski definition) is 7. The highest BCUT2D eigenvalue weighted by Gasteiger charge is 2.32. The second-order valence-electron chi connectivity index (χ2n) is 5.29. The van der Waals surface area contributed by atoms with Gasteiger partial charge in [-0.15, -0.1) is 0 Å². The molecule has 0 radical (unpaired) electrons. The Morgan fingerprint density at radius 1 is 0.875 bits per heavy atom. The molecule has 0 bridgehead atoms. The number of aliphatic carboxylic acids is 1. The van der Waals surface area contributed by atoms with Gasteiger partial charge in [0.1, 0.15) is 12.1 Å². The number of amides is 3. The van der Waals surface area contributed by atoms with Gasteiger partial charge in [0.2, 0.25) is 17.7 Å². The van der Waals surface area contributed by atoms with Crippen LogP contribution in [0.2, 0.25) is 0 Å². The molecule has 8 N–H and O–H groups in total. The first-order chi connectivity index (χ1) is 11.0. The molecular weight excluding hydrogens is 324 g/mol. The number of aliphatic hydroxyl groups is 2. The van der Waals surface area contributed by atoms with E-state index in [4.69, 9.17) is 10.8 Å². The van der Waals surface area contributed by atoms with Crippen LogP contribution < -0.4 is 21.7 Å². The Morgan fingerprint density at radius 3 is 1.71 bits per heavy atom. The first kappa shape index (κ1) is 21.8. The third-order valence-corrected chi connectivity index (χ3v) is 3.07. The van der Waals surface area contributed by atoms with Gasteiger partial charge in [-0.1, -0.05) is 0 Å². The zero-order valence-electron chi connectivity index (χ0n) is 13.6. The fraction of sp³-hybridized carbons (Fsp3) is 0.692. The second-order valence-corrected chi connectivity index (χ2v) is 5.29. The summed E-state index contributed by atoms with van der Waals surface area (Å²) in [5.74, 6) is -3.83. The summed E-state index contributed by atoms with van der Waals surface area (Å²) in [5, 5.41) is 34.4. The average Bonchev–Trinajstić information content (AvgIpc) is 2.48. The zero-order chi connectivity index (χ0) is 19.0. The van der Waals surface area contributed by atoms with E-state index in [0.29, 0.717) is 0 Å². The van der Waals surface area contributed by atoms with E-state index in [1.165, 1.54) is 20.8 Å². The van der Waals surface area contributed by atoms with Gasteiger partial charge >= 0.3 is 5.97 Å². The molecule has 5 atom stereocenters. The summed E-state index contributed by atoms with van der Waals surface area (Å²) in [6, 6.07) is -4.11. The molecule has 0 aliphatic rings. The summed E-state index contributed by atoms with van der Waals surface area (Å²) in [4.78, 5) is 46.1. The van der Waals surface area contributed by atoms with Gasteiger partial charge in [-0.3, -0.25) is 14.4 Å². The highest BCUT2D eigenvalue weighted by atomic mass is 16.4. The Bertz CT molecular complexity index is 481. The SMILES string of the molecule is C[C@H](NC(=O)CN)C(=O)N[C@H](C(=O)N[C@H](C(=O)O)[C@@H](C)O)[C@@H](C)O. The van der Waals surface area contributed by atoms with Crippen molar-refractivity contribution in [2.75, 3.05) is 6.54 Å². The smallest absolute Gasteiger partial charge is 0.328 e. The summed E-state index contributed by atoms with van der Waals surface area (Å²) in [6.45, 7) is 3.40. The Morgan fingerprint density at radius 2 is 1.33 bits per heavy atom. The minimum Gasteiger partial charge on any atom is -0.480 e. The quantitative estimate of drug-likeness (QED) is 0.221. The summed E-state index contributed by atoms with van der Waals surface area (Å²) in [5.41, 5.74) is 5.10. The summed E-state index contributed by atoms with van der Waals surface area (Å²) in [6.07, 6.45) is -2.74. The maximum absolute atomic E-state index is 12.1. The average molecular weight is 348 g/mol. The predicted octanol–water partition coefficient (Wildman–Crippen LogP) is -3.73. The number of rotatable bonds is 9. The Kier molecular flexibility index (Phi) is 8.89. The van der Waals surface area contributed by atoms with Crippen LogP contribution in [0, 0.1) is 0 Å². The molecule has 0 aliphatic carbocycles. The Hall–Kier alpha value is -2.24. The van der Waals surface area contributed by atoms with Crippen molar-refractivity contribution in [1.82, 2.24) is 16.0 Å². The van der Waals surface area contributed by atoms with E-state index < -0.39 is 54.0 Å². The Labute approximate surface area is 138 Å². The van der Waals surface area contributed by atoms with Crippen molar-refractivity contribution in [3.8, 4) is 0 Å². The van der Waals surface area contributed by atoms with Crippen molar-refractivity contribution in [2.45, 2.75) is 51.1 Å². The van der Waals surface area contributed by atoms with Crippen LogP contribution in [0.3, 0.4) is 0 Å². The van der Waals surface area contributed by atoms with E-state index in [9.17, 15) is 29.4 Å². The lowest BCUT2D eigenvalue weighted by Crippen LogP contribution is -2.60. The van der Waals surface area contributed by atoms with Crippen molar-refractivity contribution >= 4 is 23.7 Å². The Balaban J connectivity index is 4.97. The van der Waals surface area contributed by atoms with Crippen LogP contribution >= 0.6 is 0 Å². The van der Waals surface area contributed by atoms with Gasteiger partial charge < -0.3 is 37.0 Å². The van der Waals surface area contributed by atoms with Gasteiger partial charge in [-0.25, -0.2) is 4.79 Å². The van der Waals surface area contributed by atoms with Gasteiger partial charge in [-0.2, -0.15) is 0 Å². The van der Waals surface area contributed by atoms with Gasteiger partial charge in [0.25, 0.3) is 0 Å². The highest BCUT2D eigenvalue weighted by Crippen LogP contribution is 1.99. The van der Waals surface area contributed by atoms with Crippen LogP contribution in [0.5, 0.6) is 0 Å². The van der Waals surface area contributed by atoms with E-state index in [2.05, 4.69) is 10.6 Å². The lowest BCUT2D eigenvalue weighted by Gasteiger charge is -2.25. The molecule has 0 aromatic heterocycles. The maximum Gasteiger partial charge on any atom is 0.328 e. The minimum atomic E-state index is -1.61. The molecule has 0 fully saturated rings. The van der Waals surface area contributed by atoms with Crippen molar-refractivity contribution in [3.63, 3.8) is 0 Å². The lowest BCUT2D eigenvalue weighted by atomic mass is 10.1. The zero-order valence-corrected chi connectivity index (χ0v) is 13.6. The summed E-state index contributed by atoms with van der Waals surface area (Å²) >= 11 is 0. The minimum absolute atomic E-state index is 0.327. The normalized spacial score (nSPS) is 16.9. The molecule has 0 aliphatic heterocycles. The van der Waals surface area contributed by atoms with E-state index in [-0.39, 0.29) is 6.54 Å². The molecule has 24 heavy (non-hydrogen) atoms. The van der Waals surface area contributed by atoms with Crippen LogP contribution in [0.4, 0.5) is 0 Å². The largest absolute Gasteiger partial charge is 0.480 e. The van der Waals surface area contributed by atoms with E-state index >= 15 is 0 Å². The number of carboxylic acids is 1. The van der Waals surface area contributed by atoms with E-state index in [0.717, 1.165) is 0 Å². The van der Waals surface area contributed by atoms with Crippen molar-refractivity contribution in [3.05, 3.63) is 0 Å². The van der Waals surface area contributed by atoms with Crippen LogP contribution in [-0.4, -0.2) is 75.9 Å². The van der Waals surface area contributed by atoms with E-state index in [1.807, 2.05) is 5.32 Å². The van der Waals surface area contributed by atoms with Crippen molar-refractivity contribution in [2.24, 2.45) is 5.73 Å². The molecule has 138 valence electrons. The molecule has 0 unspecified atom stereocenters. The van der Waals surface area contributed by atoms with Crippen molar-refractivity contribution in [1.29, 1.82) is 0 Å². The van der Waals surface area contributed by atoms with Crippen LogP contribution in [-0.2, 0) is 19.2 Å². The van der Waals surface area contributed by atoms with Crippen LogP contribution in [0.15, 0.2) is 0 Å². The standard InChI is InChI=1S/C13H24N4O7/c1-5(15-8(20)4-14)11(21)16-9(6(2)18)12(22)17-10(7(3)19)13(23)24/h5-7,9-10,18-19H,4,14H2,1-3H3,(H,15,20)(H,16,21)(H,17,22)(H,23,24)/t5-,6+,7+,9-,10-/m0/s1. The number of nitrogens with two attached hydrogens (primary N) is 1.